The number of anilines is 1. The lowest BCUT2D eigenvalue weighted by Crippen LogP contribution is -2.26. The molecule has 0 aromatic carbocycles. The second-order valence-corrected chi connectivity index (χ2v) is 4.07. The van der Waals surface area contributed by atoms with Gasteiger partial charge in [-0.15, -0.1) is 16.4 Å². The van der Waals surface area contributed by atoms with E-state index in [1.807, 2.05) is 0 Å². The first-order chi connectivity index (χ1) is 7.74. The zero-order chi connectivity index (χ0) is 11.5. The molecule has 2 aromatic heterocycles. The fourth-order valence-electron chi connectivity index (χ4n) is 1.29. The molecule has 0 atom stereocenters. The molecule has 0 spiro atoms. The van der Waals surface area contributed by atoms with Crippen LogP contribution in [0.25, 0.3) is 10.2 Å². The van der Waals surface area contributed by atoms with Gasteiger partial charge in [-0.1, -0.05) is 0 Å². The Balaban J connectivity index is 2.37. The lowest BCUT2D eigenvalue weighted by molar-refractivity contribution is 0.0949. The summed E-state index contributed by atoms with van der Waals surface area (Å²) in [6, 6.07) is 1.72. The molecule has 84 valence electrons. The second kappa shape index (κ2) is 4.42. The highest BCUT2D eigenvalue weighted by Crippen LogP contribution is 2.31. The Kier molecular flexibility index (Phi) is 2.97. The molecule has 7 heteroatoms. The smallest absolute Gasteiger partial charge is 0.263 e. The van der Waals surface area contributed by atoms with Crippen molar-refractivity contribution in [3.05, 3.63) is 17.1 Å². The summed E-state index contributed by atoms with van der Waals surface area (Å²) >= 11 is 1.19. The van der Waals surface area contributed by atoms with Crippen LogP contribution in [0.5, 0.6) is 0 Å². The molecular formula is C9H10N4O2S. The molecule has 0 aliphatic carbocycles. The van der Waals surface area contributed by atoms with Crippen molar-refractivity contribution in [2.45, 2.75) is 0 Å². The molecule has 1 amide bonds. The van der Waals surface area contributed by atoms with Gasteiger partial charge in [0.15, 0.2) is 0 Å². The van der Waals surface area contributed by atoms with Crippen molar-refractivity contribution in [3.8, 4) is 0 Å². The van der Waals surface area contributed by atoms with E-state index in [1.54, 1.807) is 6.07 Å². The number of thiophene rings is 1. The molecule has 4 N–H and O–H groups in total. The third-order valence-electron chi connectivity index (χ3n) is 2.02. The lowest BCUT2D eigenvalue weighted by atomic mass is 10.3. The maximum atomic E-state index is 11.7. The highest BCUT2D eigenvalue weighted by Gasteiger charge is 2.16. The summed E-state index contributed by atoms with van der Waals surface area (Å²) in [4.78, 5) is 12.7. The third kappa shape index (κ3) is 1.82. The molecule has 2 heterocycles. The Morgan fingerprint density at radius 3 is 3.12 bits per heavy atom. The summed E-state index contributed by atoms with van der Waals surface area (Å²) in [5, 5.41) is 19.5. The van der Waals surface area contributed by atoms with Gasteiger partial charge >= 0.3 is 0 Å². The van der Waals surface area contributed by atoms with Crippen LogP contribution in [-0.4, -0.2) is 34.4 Å². The van der Waals surface area contributed by atoms with Gasteiger partial charge in [-0.2, -0.15) is 5.10 Å². The number of carbonyl (C=O) groups excluding carboxylic acids is 1. The number of rotatable bonds is 3. The summed E-state index contributed by atoms with van der Waals surface area (Å²) in [5.41, 5.74) is 6.24. The summed E-state index contributed by atoms with van der Waals surface area (Å²) in [7, 11) is 0. The van der Waals surface area contributed by atoms with Gasteiger partial charge in [0.05, 0.1) is 18.5 Å². The Hall–Kier alpha value is -1.73. The Bertz CT molecular complexity index is 525. The monoisotopic (exact) mass is 238 g/mol. The summed E-state index contributed by atoms with van der Waals surface area (Å²) < 4.78 is 0. The van der Waals surface area contributed by atoms with E-state index < -0.39 is 0 Å². The molecule has 0 bridgehead atoms. The van der Waals surface area contributed by atoms with E-state index in [-0.39, 0.29) is 19.1 Å². The van der Waals surface area contributed by atoms with Gasteiger partial charge < -0.3 is 16.2 Å². The number of nitrogens with zero attached hydrogens (tertiary/aromatic N) is 2. The van der Waals surface area contributed by atoms with Crippen LogP contribution < -0.4 is 11.1 Å². The minimum absolute atomic E-state index is 0.101. The summed E-state index contributed by atoms with van der Waals surface area (Å²) in [6.07, 6.45) is 1.53. The molecule has 0 unspecified atom stereocenters. The number of nitrogen functional groups attached to an aromatic ring is 1. The molecule has 0 radical (unpaired) electrons. The number of amides is 1. The molecule has 0 saturated heterocycles. The first kappa shape index (κ1) is 10.8. The fraction of sp³-hybridized carbons (Fsp3) is 0.222. The highest BCUT2D eigenvalue weighted by atomic mass is 32.1. The van der Waals surface area contributed by atoms with Crippen molar-refractivity contribution in [1.82, 2.24) is 15.5 Å². The van der Waals surface area contributed by atoms with Gasteiger partial charge in [-0.05, 0) is 6.07 Å². The normalized spacial score (nSPS) is 10.6. The number of aliphatic hydroxyl groups excluding tert-OH is 1. The van der Waals surface area contributed by atoms with E-state index in [0.29, 0.717) is 15.4 Å². The first-order valence-electron chi connectivity index (χ1n) is 4.62. The van der Waals surface area contributed by atoms with Crippen LogP contribution in [0.4, 0.5) is 5.69 Å². The lowest BCUT2D eigenvalue weighted by Gasteiger charge is -2.00. The predicted octanol–water partition coefficient (Wildman–Crippen LogP) is -0.00440. The highest BCUT2D eigenvalue weighted by molar-refractivity contribution is 7.21. The first-order valence-corrected chi connectivity index (χ1v) is 5.44. The van der Waals surface area contributed by atoms with Gasteiger partial charge in [-0.25, -0.2) is 0 Å². The van der Waals surface area contributed by atoms with Gasteiger partial charge in [0, 0.05) is 11.9 Å². The van der Waals surface area contributed by atoms with E-state index >= 15 is 0 Å². The Labute approximate surface area is 95.1 Å². The maximum Gasteiger partial charge on any atom is 0.263 e. The van der Waals surface area contributed by atoms with Crippen molar-refractivity contribution in [1.29, 1.82) is 0 Å². The van der Waals surface area contributed by atoms with E-state index in [9.17, 15) is 4.79 Å². The molecule has 0 saturated carbocycles. The number of aliphatic hydroxyl groups is 1. The zero-order valence-electron chi connectivity index (χ0n) is 8.30. The van der Waals surface area contributed by atoms with Crippen molar-refractivity contribution in [2.75, 3.05) is 18.9 Å². The average Bonchev–Trinajstić information content (AvgIpc) is 2.64. The van der Waals surface area contributed by atoms with Gasteiger partial charge in [0.2, 0.25) is 0 Å². The molecule has 16 heavy (non-hydrogen) atoms. The minimum Gasteiger partial charge on any atom is -0.397 e. The quantitative estimate of drug-likeness (QED) is 0.698. The number of nitrogens with one attached hydrogen (secondary N) is 1. The predicted molar refractivity (Wildman–Crippen MR) is 61.2 cm³/mol. The van der Waals surface area contributed by atoms with Crippen LogP contribution in [0.1, 0.15) is 9.67 Å². The largest absolute Gasteiger partial charge is 0.397 e. The second-order valence-electron chi connectivity index (χ2n) is 3.07. The van der Waals surface area contributed by atoms with E-state index in [1.165, 1.54) is 17.5 Å². The van der Waals surface area contributed by atoms with E-state index in [4.69, 9.17) is 10.8 Å². The molecule has 0 aliphatic rings. The van der Waals surface area contributed by atoms with Crippen molar-refractivity contribution >= 4 is 33.1 Å². The van der Waals surface area contributed by atoms with Crippen LogP contribution in [-0.2, 0) is 0 Å². The molecular weight excluding hydrogens is 228 g/mol. The molecule has 6 nitrogen and oxygen atoms in total. The van der Waals surface area contributed by atoms with Crippen molar-refractivity contribution in [2.24, 2.45) is 0 Å². The number of fused-ring (bicyclic) bond motifs is 1. The number of aromatic nitrogens is 2. The van der Waals surface area contributed by atoms with Gasteiger partial charge in [-0.3, -0.25) is 4.79 Å². The van der Waals surface area contributed by atoms with Crippen molar-refractivity contribution in [3.63, 3.8) is 0 Å². The van der Waals surface area contributed by atoms with Crippen LogP contribution in [0, 0.1) is 0 Å². The number of nitrogens with two attached hydrogens (primary N) is 1. The van der Waals surface area contributed by atoms with Crippen LogP contribution in [0.15, 0.2) is 12.3 Å². The SMILES string of the molecule is Nc1c(C(=O)NCCO)sc2nnccc12. The summed E-state index contributed by atoms with van der Waals surface area (Å²) in [6.45, 7) is 0.106. The van der Waals surface area contributed by atoms with Crippen LogP contribution in [0.3, 0.4) is 0 Å². The van der Waals surface area contributed by atoms with E-state index in [0.717, 1.165) is 5.39 Å². The number of carbonyl (C=O) groups is 1. The molecule has 2 aromatic rings. The molecule has 0 aliphatic heterocycles. The van der Waals surface area contributed by atoms with Crippen LogP contribution in [0.2, 0.25) is 0 Å². The van der Waals surface area contributed by atoms with Crippen LogP contribution >= 0.6 is 11.3 Å². The van der Waals surface area contributed by atoms with E-state index in [2.05, 4.69) is 15.5 Å². The fourth-order valence-corrected chi connectivity index (χ4v) is 2.25. The molecule has 2 rings (SSSR count). The standard InChI is InChI=1S/C9H10N4O2S/c10-6-5-1-2-12-13-9(5)16-7(6)8(15)11-3-4-14/h1-2,14H,3-4,10H2,(H,11,15). The average molecular weight is 238 g/mol. The maximum absolute atomic E-state index is 11.7. The Morgan fingerprint density at radius 2 is 2.44 bits per heavy atom. The van der Waals surface area contributed by atoms with Crippen molar-refractivity contribution < 1.29 is 9.90 Å². The van der Waals surface area contributed by atoms with Gasteiger partial charge in [0.25, 0.3) is 5.91 Å². The zero-order valence-corrected chi connectivity index (χ0v) is 9.12. The molecule has 0 fully saturated rings. The third-order valence-corrected chi connectivity index (χ3v) is 3.13. The topological polar surface area (TPSA) is 101 Å². The number of hydrogen-bond acceptors (Lipinski definition) is 6. The minimum atomic E-state index is -0.297. The number of hydrogen-bond donors (Lipinski definition) is 3. The Morgan fingerprint density at radius 1 is 1.62 bits per heavy atom. The van der Waals surface area contributed by atoms with Gasteiger partial charge in [0.1, 0.15) is 9.71 Å². The summed E-state index contributed by atoms with van der Waals surface area (Å²) in [5.74, 6) is -0.297.